The maximum atomic E-state index is 4.76. The van der Waals surface area contributed by atoms with Crippen LogP contribution in [0.15, 0.2) is 53.2 Å². The molecular weight excluding hydrogens is 340 g/mol. The van der Waals surface area contributed by atoms with Crippen molar-refractivity contribution >= 4 is 34.3 Å². The van der Waals surface area contributed by atoms with Crippen LogP contribution in [0.5, 0.6) is 0 Å². The smallest absolute Gasteiger partial charge is 0.245 e. The zero-order valence-electron chi connectivity index (χ0n) is 15.2. The van der Waals surface area contributed by atoms with Crippen LogP contribution in [0.4, 0.5) is 23.0 Å². The van der Waals surface area contributed by atoms with E-state index in [0.29, 0.717) is 22.9 Å². The molecule has 0 bridgehead atoms. The Labute approximate surface area is 156 Å². The maximum Gasteiger partial charge on any atom is 0.245 e. The van der Waals surface area contributed by atoms with Crippen molar-refractivity contribution in [2.24, 2.45) is 0 Å². The van der Waals surface area contributed by atoms with Gasteiger partial charge in [-0.2, -0.15) is 0 Å². The van der Waals surface area contributed by atoms with E-state index in [2.05, 4.69) is 69.0 Å². The van der Waals surface area contributed by atoms with E-state index in [9.17, 15) is 0 Å². The number of nitrogens with one attached hydrogen (secondary N) is 2. The minimum atomic E-state index is 0.356. The first-order chi connectivity index (χ1) is 13.2. The van der Waals surface area contributed by atoms with Gasteiger partial charge < -0.3 is 10.6 Å². The van der Waals surface area contributed by atoms with Crippen molar-refractivity contribution in [3.8, 4) is 0 Å². The lowest BCUT2D eigenvalue weighted by molar-refractivity contribution is 0.314. The van der Waals surface area contributed by atoms with Crippen molar-refractivity contribution in [3.05, 3.63) is 59.7 Å². The lowest BCUT2D eigenvalue weighted by Gasteiger charge is -2.12. The fourth-order valence-electron chi connectivity index (χ4n) is 2.73. The van der Waals surface area contributed by atoms with Crippen LogP contribution in [0, 0.1) is 0 Å². The van der Waals surface area contributed by atoms with Gasteiger partial charge in [0.2, 0.25) is 11.3 Å². The Morgan fingerprint density at radius 3 is 1.44 bits per heavy atom. The molecule has 0 spiro atoms. The van der Waals surface area contributed by atoms with Gasteiger partial charge in [0.1, 0.15) is 0 Å². The monoisotopic (exact) mass is 360 g/mol. The van der Waals surface area contributed by atoms with Gasteiger partial charge in [-0.3, -0.25) is 0 Å². The van der Waals surface area contributed by atoms with Crippen LogP contribution in [0.1, 0.15) is 25.0 Å². The molecule has 27 heavy (non-hydrogen) atoms. The third-order valence-electron chi connectivity index (χ3n) is 4.36. The van der Waals surface area contributed by atoms with Crippen LogP contribution in [0.2, 0.25) is 0 Å². The summed E-state index contributed by atoms with van der Waals surface area (Å²) in [5.41, 5.74) is 5.10. The van der Waals surface area contributed by atoms with E-state index in [-0.39, 0.29) is 0 Å². The van der Waals surface area contributed by atoms with Crippen molar-refractivity contribution in [2.75, 3.05) is 10.6 Å². The number of fused-ring (bicyclic) bond motifs is 1. The Morgan fingerprint density at radius 1 is 0.667 bits per heavy atom. The molecule has 2 N–H and O–H groups in total. The topological polar surface area (TPSA) is 88.8 Å². The minimum Gasteiger partial charge on any atom is -0.337 e. The minimum absolute atomic E-state index is 0.356. The summed E-state index contributed by atoms with van der Waals surface area (Å²) in [5, 5.41) is 14.2. The number of hydrogen-bond acceptors (Lipinski definition) is 7. The predicted octanol–water partition coefficient (Wildman–Crippen LogP) is 4.62. The number of anilines is 4. The van der Waals surface area contributed by atoms with E-state index in [1.807, 2.05) is 24.3 Å². The average molecular weight is 360 g/mol. The summed E-state index contributed by atoms with van der Waals surface area (Å²) < 4.78 is 4.76. The molecule has 7 heteroatoms. The van der Waals surface area contributed by atoms with Crippen LogP contribution in [-0.4, -0.2) is 20.3 Å². The summed E-state index contributed by atoms with van der Waals surface area (Å²) in [6, 6.07) is 16.4. The van der Waals surface area contributed by atoms with E-state index < -0.39 is 0 Å². The number of aromatic nitrogens is 4. The van der Waals surface area contributed by atoms with Gasteiger partial charge in [-0.15, -0.1) is 0 Å². The van der Waals surface area contributed by atoms with E-state index in [0.717, 1.165) is 24.2 Å². The second-order valence-corrected chi connectivity index (χ2v) is 6.18. The highest BCUT2D eigenvalue weighted by atomic mass is 16.6. The Kier molecular flexibility index (Phi) is 4.65. The summed E-state index contributed by atoms with van der Waals surface area (Å²) >= 11 is 0. The molecule has 0 aliphatic rings. The Morgan fingerprint density at radius 2 is 1.07 bits per heavy atom. The number of hydrogen-bond donors (Lipinski definition) is 2. The largest absolute Gasteiger partial charge is 0.337 e. The second-order valence-electron chi connectivity index (χ2n) is 6.18. The Balaban J connectivity index is 1.67. The third-order valence-corrected chi connectivity index (χ3v) is 4.36. The molecule has 4 aromatic rings. The van der Waals surface area contributed by atoms with Crippen molar-refractivity contribution in [1.29, 1.82) is 0 Å². The number of aryl methyl sites for hydroxylation is 2. The van der Waals surface area contributed by atoms with Crippen molar-refractivity contribution in [1.82, 2.24) is 20.3 Å². The van der Waals surface area contributed by atoms with Crippen LogP contribution < -0.4 is 10.6 Å². The maximum absolute atomic E-state index is 4.76. The first-order valence-electron chi connectivity index (χ1n) is 8.97. The number of nitrogens with zero attached hydrogens (tertiary/aromatic N) is 4. The molecule has 0 fully saturated rings. The van der Waals surface area contributed by atoms with Gasteiger partial charge in [0.25, 0.3) is 0 Å². The lowest BCUT2D eigenvalue weighted by Crippen LogP contribution is -2.03. The van der Waals surface area contributed by atoms with E-state index >= 15 is 0 Å². The molecular formula is C20H20N6O. The molecule has 7 nitrogen and oxygen atoms in total. The molecule has 2 aromatic heterocycles. The molecule has 0 atom stereocenters. The molecule has 0 saturated carbocycles. The molecule has 0 saturated heterocycles. The summed E-state index contributed by atoms with van der Waals surface area (Å²) in [5.74, 6) is 1.11. The third kappa shape index (κ3) is 3.72. The average Bonchev–Trinajstić information content (AvgIpc) is 3.16. The summed E-state index contributed by atoms with van der Waals surface area (Å²) in [4.78, 5) is 9.00. The van der Waals surface area contributed by atoms with Crippen molar-refractivity contribution in [3.63, 3.8) is 0 Å². The molecule has 2 heterocycles. The molecule has 136 valence electrons. The van der Waals surface area contributed by atoms with Gasteiger partial charge in [0.05, 0.1) is 0 Å². The quantitative estimate of drug-likeness (QED) is 0.518. The highest BCUT2D eigenvalue weighted by molar-refractivity contribution is 5.79. The molecule has 4 rings (SSSR count). The number of rotatable bonds is 6. The summed E-state index contributed by atoms with van der Waals surface area (Å²) in [7, 11) is 0. The first-order valence-corrected chi connectivity index (χ1v) is 8.97. The van der Waals surface area contributed by atoms with Gasteiger partial charge in [0.15, 0.2) is 11.6 Å². The molecule has 0 radical (unpaired) electrons. The normalized spacial score (nSPS) is 10.9. The highest BCUT2D eigenvalue weighted by Crippen LogP contribution is 2.27. The van der Waals surface area contributed by atoms with Gasteiger partial charge in [0, 0.05) is 11.4 Å². The molecule has 0 unspecified atom stereocenters. The van der Waals surface area contributed by atoms with Crippen molar-refractivity contribution < 1.29 is 4.63 Å². The molecule has 0 aliphatic carbocycles. The van der Waals surface area contributed by atoms with Crippen LogP contribution >= 0.6 is 0 Å². The second kappa shape index (κ2) is 7.41. The Bertz CT molecular complexity index is 957. The zero-order valence-corrected chi connectivity index (χ0v) is 15.2. The van der Waals surface area contributed by atoms with E-state index in [4.69, 9.17) is 4.63 Å². The van der Waals surface area contributed by atoms with Crippen LogP contribution in [0.25, 0.3) is 11.3 Å². The fourth-order valence-corrected chi connectivity index (χ4v) is 2.73. The summed E-state index contributed by atoms with van der Waals surface area (Å²) in [6.45, 7) is 4.26. The zero-order chi connectivity index (χ0) is 18.6. The van der Waals surface area contributed by atoms with Crippen LogP contribution in [0.3, 0.4) is 0 Å². The summed E-state index contributed by atoms with van der Waals surface area (Å²) in [6.07, 6.45) is 1.99. The molecule has 0 amide bonds. The number of benzene rings is 2. The van der Waals surface area contributed by atoms with E-state index in [1.165, 1.54) is 11.1 Å². The van der Waals surface area contributed by atoms with E-state index in [1.54, 1.807) is 0 Å². The van der Waals surface area contributed by atoms with Gasteiger partial charge in [-0.1, -0.05) is 38.1 Å². The van der Waals surface area contributed by atoms with Gasteiger partial charge >= 0.3 is 0 Å². The lowest BCUT2D eigenvalue weighted by atomic mass is 10.1. The molecule has 0 aliphatic heterocycles. The Hall–Kier alpha value is -3.48. The van der Waals surface area contributed by atoms with Crippen LogP contribution in [-0.2, 0) is 12.8 Å². The standard InChI is InChI=1S/C20H20N6O/c1-3-13-5-9-15(10-6-13)21-17-18(24-20-19(23-17)25-27-26-20)22-16-11-7-14(4-2)8-12-16/h5-12H,3-4H2,1-2H3,(H,21,23,25)(H,22,24,26). The highest BCUT2D eigenvalue weighted by Gasteiger charge is 2.13. The van der Waals surface area contributed by atoms with Gasteiger partial charge in [-0.25, -0.2) is 14.6 Å². The van der Waals surface area contributed by atoms with Crippen molar-refractivity contribution in [2.45, 2.75) is 26.7 Å². The predicted molar refractivity (Wildman–Crippen MR) is 106 cm³/mol. The molecule has 2 aromatic carbocycles. The SMILES string of the molecule is CCc1ccc(Nc2nc3nonc3nc2Nc2ccc(CC)cc2)cc1. The fraction of sp³-hybridized carbons (Fsp3) is 0.200. The first kappa shape index (κ1) is 17.0. The van der Waals surface area contributed by atoms with Gasteiger partial charge in [-0.05, 0) is 58.5 Å².